The molecule has 2 bridgehead atoms. The SMILES string of the molecule is c1ccc(NN=C2CC3CCC2CC3)cc1. The van der Waals surface area contributed by atoms with Gasteiger partial charge >= 0.3 is 0 Å². The molecule has 2 nitrogen and oxygen atoms in total. The zero-order valence-corrected chi connectivity index (χ0v) is 9.52. The second kappa shape index (κ2) is 4.28. The number of hydrogen-bond acceptors (Lipinski definition) is 2. The van der Waals surface area contributed by atoms with Crippen molar-refractivity contribution in [2.75, 3.05) is 5.43 Å². The van der Waals surface area contributed by atoms with Gasteiger partial charge < -0.3 is 0 Å². The predicted molar refractivity (Wildman–Crippen MR) is 67.6 cm³/mol. The number of benzene rings is 1. The largest absolute Gasteiger partial charge is 0.279 e. The molecule has 4 rings (SSSR count). The average Bonchev–Trinajstić information content (AvgIpc) is 2.39. The molecule has 3 aliphatic rings. The maximum atomic E-state index is 4.60. The molecule has 0 aliphatic heterocycles. The van der Waals surface area contributed by atoms with Crippen LogP contribution in [0.4, 0.5) is 5.69 Å². The number of hydrogen-bond donors (Lipinski definition) is 1. The average molecular weight is 214 g/mol. The van der Waals surface area contributed by atoms with Gasteiger partial charge in [0, 0.05) is 5.71 Å². The van der Waals surface area contributed by atoms with Crippen LogP contribution in [0.1, 0.15) is 32.1 Å². The van der Waals surface area contributed by atoms with E-state index in [2.05, 4.69) is 22.7 Å². The highest BCUT2D eigenvalue weighted by molar-refractivity contribution is 5.89. The molecule has 3 aliphatic carbocycles. The lowest BCUT2D eigenvalue weighted by atomic mass is 9.70. The molecule has 0 unspecified atom stereocenters. The summed E-state index contributed by atoms with van der Waals surface area (Å²) < 4.78 is 0. The van der Waals surface area contributed by atoms with E-state index >= 15 is 0 Å². The van der Waals surface area contributed by atoms with Crippen molar-refractivity contribution in [2.45, 2.75) is 32.1 Å². The van der Waals surface area contributed by atoms with E-state index in [0.29, 0.717) is 0 Å². The third kappa shape index (κ3) is 1.97. The fourth-order valence-electron chi connectivity index (χ4n) is 2.95. The first kappa shape index (κ1) is 9.88. The van der Waals surface area contributed by atoms with E-state index in [1.165, 1.54) is 37.8 Å². The normalized spacial score (nSPS) is 30.6. The summed E-state index contributed by atoms with van der Waals surface area (Å²) in [6.07, 6.45) is 6.80. The van der Waals surface area contributed by atoms with Crippen molar-refractivity contribution in [3.63, 3.8) is 0 Å². The molecule has 2 heteroatoms. The molecule has 0 radical (unpaired) electrons. The first-order chi connectivity index (χ1) is 7.92. The van der Waals surface area contributed by atoms with E-state index in [0.717, 1.165) is 17.5 Å². The van der Waals surface area contributed by atoms with Crippen LogP contribution in [0, 0.1) is 11.8 Å². The first-order valence-electron chi connectivity index (χ1n) is 6.29. The number of rotatable bonds is 2. The lowest BCUT2D eigenvalue weighted by Gasteiger charge is -2.36. The van der Waals surface area contributed by atoms with Gasteiger partial charge in [-0.05, 0) is 56.1 Å². The van der Waals surface area contributed by atoms with Crippen LogP contribution in [0.15, 0.2) is 35.4 Å². The lowest BCUT2D eigenvalue weighted by Crippen LogP contribution is -2.31. The van der Waals surface area contributed by atoms with Gasteiger partial charge in [-0.15, -0.1) is 0 Å². The van der Waals surface area contributed by atoms with Crippen molar-refractivity contribution in [1.82, 2.24) is 0 Å². The Kier molecular flexibility index (Phi) is 2.65. The van der Waals surface area contributed by atoms with E-state index < -0.39 is 0 Å². The Bertz CT molecular complexity index is 375. The highest BCUT2D eigenvalue weighted by atomic mass is 15.3. The van der Waals surface area contributed by atoms with Gasteiger partial charge in [-0.2, -0.15) is 5.10 Å². The molecule has 1 aromatic carbocycles. The quantitative estimate of drug-likeness (QED) is 0.746. The fourth-order valence-corrected chi connectivity index (χ4v) is 2.95. The smallest absolute Gasteiger partial charge is 0.0561 e. The minimum atomic E-state index is 0.765. The molecule has 3 fully saturated rings. The summed E-state index contributed by atoms with van der Waals surface area (Å²) in [5.41, 5.74) is 5.69. The van der Waals surface area contributed by atoms with Crippen molar-refractivity contribution in [3.8, 4) is 0 Å². The summed E-state index contributed by atoms with van der Waals surface area (Å²) >= 11 is 0. The zero-order valence-electron chi connectivity index (χ0n) is 9.52. The number of anilines is 1. The zero-order chi connectivity index (χ0) is 10.8. The molecule has 1 N–H and O–H groups in total. The van der Waals surface area contributed by atoms with Crippen molar-refractivity contribution >= 4 is 11.4 Å². The van der Waals surface area contributed by atoms with E-state index in [1.807, 2.05) is 18.2 Å². The standard InChI is InChI=1S/C14H18N2/c1-2-4-13(5-3-1)15-16-14-10-11-6-8-12(14)9-7-11/h1-5,11-12,15H,6-10H2. The van der Waals surface area contributed by atoms with Gasteiger partial charge in [0.1, 0.15) is 0 Å². The van der Waals surface area contributed by atoms with Crippen LogP contribution in [0.2, 0.25) is 0 Å². The highest BCUT2D eigenvalue weighted by Gasteiger charge is 2.32. The molecule has 0 spiro atoms. The molecule has 84 valence electrons. The van der Waals surface area contributed by atoms with Crippen LogP contribution in [-0.2, 0) is 0 Å². The molecule has 0 aromatic heterocycles. The Labute approximate surface area is 96.8 Å². The highest BCUT2D eigenvalue weighted by Crippen LogP contribution is 2.39. The summed E-state index contributed by atoms with van der Waals surface area (Å²) in [6.45, 7) is 0. The van der Waals surface area contributed by atoms with Gasteiger partial charge in [0.15, 0.2) is 0 Å². The van der Waals surface area contributed by atoms with Crippen LogP contribution >= 0.6 is 0 Å². The molecule has 0 saturated heterocycles. The number of para-hydroxylation sites is 1. The maximum absolute atomic E-state index is 4.60. The van der Waals surface area contributed by atoms with Crippen LogP contribution < -0.4 is 5.43 Å². The van der Waals surface area contributed by atoms with Gasteiger partial charge in [0.2, 0.25) is 0 Å². The molecule has 3 saturated carbocycles. The Hall–Kier alpha value is -1.31. The summed E-state index contributed by atoms with van der Waals surface area (Å²) in [7, 11) is 0. The van der Waals surface area contributed by atoms with Crippen LogP contribution in [-0.4, -0.2) is 5.71 Å². The van der Waals surface area contributed by atoms with Gasteiger partial charge in [-0.1, -0.05) is 18.2 Å². The number of fused-ring (bicyclic) bond motifs is 3. The third-order valence-electron chi connectivity index (χ3n) is 3.92. The molecule has 0 heterocycles. The monoisotopic (exact) mass is 214 g/mol. The van der Waals surface area contributed by atoms with E-state index in [-0.39, 0.29) is 0 Å². The lowest BCUT2D eigenvalue weighted by molar-refractivity contribution is 0.288. The van der Waals surface area contributed by atoms with Crippen molar-refractivity contribution in [1.29, 1.82) is 0 Å². The molecule has 0 amide bonds. The van der Waals surface area contributed by atoms with E-state index in [9.17, 15) is 0 Å². The molecule has 16 heavy (non-hydrogen) atoms. The van der Waals surface area contributed by atoms with Gasteiger partial charge in [-0.25, -0.2) is 0 Å². The molecular formula is C14H18N2. The number of nitrogens with one attached hydrogen (secondary N) is 1. The Balaban J connectivity index is 1.69. The third-order valence-corrected chi connectivity index (χ3v) is 3.92. The molecular weight excluding hydrogens is 196 g/mol. The van der Waals surface area contributed by atoms with E-state index in [4.69, 9.17) is 0 Å². The summed E-state index contributed by atoms with van der Waals surface area (Å²) in [5, 5.41) is 4.60. The molecule has 0 atom stereocenters. The Morgan fingerprint density at radius 1 is 1.00 bits per heavy atom. The summed E-state index contributed by atoms with van der Waals surface area (Å²) in [4.78, 5) is 0. The molecule has 1 aromatic rings. The van der Waals surface area contributed by atoms with Gasteiger partial charge in [-0.3, -0.25) is 5.43 Å². The van der Waals surface area contributed by atoms with Crippen LogP contribution in [0.5, 0.6) is 0 Å². The summed E-state index contributed by atoms with van der Waals surface area (Å²) in [6, 6.07) is 10.2. The van der Waals surface area contributed by atoms with Crippen LogP contribution in [0.25, 0.3) is 0 Å². The predicted octanol–water partition coefficient (Wildman–Crippen LogP) is 3.66. The van der Waals surface area contributed by atoms with Gasteiger partial charge in [0.25, 0.3) is 0 Å². The van der Waals surface area contributed by atoms with Gasteiger partial charge in [0.05, 0.1) is 5.69 Å². The van der Waals surface area contributed by atoms with Crippen molar-refractivity contribution in [3.05, 3.63) is 30.3 Å². The fraction of sp³-hybridized carbons (Fsp3) is 0.500. The van der Waals surface area contributed by atoms with E-state index in [1.54, 1.807) is 0 Å². The number of nitrogens with zero attached hydrogens (tertiary/aromatic N) is 1. The van der Waals surface area contributed by atoms with Crippen LogP contribution in [0.3, 0.4) is 0 Å². The van der Waals surface area contributed by atoms with Crippen molar-refractivity contribution in [2.24, 2.45) is 16.9 Å². The second-order valence-electron chi connectivity index (χ2n) is 5.00. The Morgan fingerprint density at radius 2 is 1.75 bits per heavy atom. The summed E-state index contributed by atoms with van der Waals surface area (Å²) in [5.74, 6) is 1.68. The topological polar surface area (TPSA) is 24.4 Å². The van der Waals surface area contributed by atoms with Crippen molar-refractivity contribution < 1.29 is 0 Å². The first-order valence-corrected chi connectivity index (χ1v) is 6.29. The second-order valence-corrected chi connectivity index (χ2v) is 5.00. The Morgan fingerprint density at radius 3 is 2.38 bits per heavy atom. The number of hydrazone groups is 1. The minimum Gasteiger partial charge on any atom is -0.279 e. The minimum absolute atomic E-state index is 0.765. The maximum Gasteiger partial charge on any atom is 0.0561 e.